The number of allylic oxidation sites excluding steroid dienone is 3. The molecule has 0 saturated carbocycles. The van der Waals surface area contributed by atoms with E-state index in [1.54, 1.807) is 0 Å². The summed E-state index contributed by atoms with van der Waals surface area (Å²) in [5.74, 6) is 2.42. The predicted octanol–water partition coefficient (Wildman–Crippen LogP) is 11.7. The second-order valence-corrected chi connectivity index (χ2v) is 15.3. The maximum Gasteiger partial charge on any atom is 0.235 e. The monoisotopic (exact) mass is 747 g/mol. The summed E-state index contributed by atoms with van der Waals surface area (Å²) >= 11 is 0. The average molecular weight is 748 g/mol. The highest BCUT2D eigenvalue weighted by Gasteiger charge is 2.53. The third kappa shape index (κ3) is 5.40. The van der Waals surface area contributed by atoms with Crippen molar-refractivity contribution in [1.29, 1.82) is 0 Å². The Labute approximate surface area is 336 Å². The fourth-order valence-electron chi connectivity index (χ4n) is 8.81. The zero-order valence-corrected chi connectivity index (χ0v) is 32.1. The number of nitrogens with zero attached hydrogens (tertiary/aromatic N) is 7. The van der Waals surface area contributed by atoms with Crippen molar-refractivity contribution in [3.63, 3.8) is 0 Å². The first-order valence-electron chi connectivity index (χ1n) is 19.7. The van der Waals surface area contributed by atoms with Gasteiger partial charge in [0.25, 0.3) is 0 Å². The van der Waals surface area contributed by atoms with E-state index in [0.717, 1.165) is 67.9 Å². The fraction of sp³-hybridized carbons (Fsp3) is 0.0980. The number of anilines is 2. The molecule has 4 heterocycles. The van der Waals surface area contributed by atoms with Crippen molar-refractivity contribution in [2.75, 3.05) is 4.90 Å². The van der Waals surface area contributed by atoms with E-state index in [2.05, 4.69) is 163 Å². The van der Waals surface area contributed by atoms with E-state index in [0.29, 0.717) is 23.5 Å². The summed E-state index contributed by atoms with van der Waals surface area (Å²) in [6.07, 6.45) is 9.64. The van der Waals surface area contributed by atoms with E-state index in [1.165, 1.54) is 11.1 Å². The largest absolute Gasteiger partial charge is 0.300 e. The molecule has 0 spiro atoms. The van der Waals surface area contributed by atoms with Crippen LogP contribution in [0.4, 0.5) is 11.6 Å². The minimum absolute atomic E-state index is 0.279. The van der Waals surface area contributed by atoms with Crippen molar-refractivity contribution >= 4 is 34.2 Å². The van der Waals surface area contributed by atoms with E-state index in [4.69, 9.17) is 24.9 Å². The van der Waals surface area contributed by atoms with Gasteiger partial charge in [0.2, 0.25) is 11.9 Å². The number of rotatable bonds is 6. The quantitative estimate of drug-likeness (QED) is 0.158. The van der Waals surface area contributed by atoms with Crippen molar-refractivity contribution in [3.8, 4) is 39.9 Å². The molecule has 8 aromatic rings. The van der Waals surface area contributed by atoms with Crippen molar-refractivity contribution in [1.82, 2.24) is 29.5 Å². The predicted molar refractivity (Wildman–Crippen MR) is 233 cm³/mol. The second kappa shape index (κ2) is 13.3. The van der Waals surface area contributed by atoms with Gasteiger partial charge < -0.3 is 0 Å². The summed E-state index contributed by atoms with van der Waals surface area (Å²) in [7, 11) is 0. The van der Waals surface area contributed by atoms with Crippen molar-refractivity contribution in [3.05, 3.63) is 198 Å². The molecule has 0 saturated heterocycles. The normalized spacial score (nSPS) is 17.8. The van der Waals surface area contributed by atoms with Gasteiger partial charge in [-0.25, -0.2) is 15.0 Å². The molecule has 276 valence electrons. The SMILES string of the molecule is CC1=C=CC(c2nc(-c3ccccc3)nc(N3c4ccccc4C4(C)C=Cc5c(n(-c6nc(-c7ccccc7)cc(-c7ccccc7)n6)c6ccccc56)C34)n2)=CC1. The molecule has 0 N–H and O–H groups in total. The van der Waals surface area contributed by atoms with Gasteiger partial charge in [0.05, 0.1) is 28.6 Å². The van der Waals surface area contributed by atoms with Gasteiger partial charge in [0, 0.05) is 44.3 Å². The molecular weight excluding hydrogens is 711 g/mol. The lowest BCUT2D eigenvalue weighted by atomic mass is 9.73. The van der Waals surface area contributed by atoms with Gasteiger partial charge in [-0.3, -0.25) is 9.47 Å². The molecule has 3 aliphatic rings. The molecule has 0 bridgehead atoms. The summed E-state index contributed by atoms with van der Waals surface area (Å²) in [5.41, 5.74) is 15.2. The van der Waals surface area contributed by atoms with Crippen molar-refractivity contribution < 1.29 is 0 Å². The van der Waals surface area contributed by atoms with Crippen LogP contribution in [0, 0.1) is 0 Å². The van der Waals surface area contributed by atoms with Gasteiger partial charge in [-0.2, -0.15) is 9.97 Å². The lowest BCUT2D eigenvalue weighted by Crippen LogP contribution is -2.36. The van der Waals surface area contributed by atoms with Crippen LogP contribution in [0.1, 0.15) is 49.0 Å². The summed E-state index contributed by atoms with van der Waals surface area (Å²) < 4.78 is 2.29. The van der Waals surface area contributed by atoms with E-state index in [9.17, 15) is 0 Å². The highest BCUT2D eigenvalue weighted by molar-refractivity contribution is 5.95. The Bertz CT molecular complexity index is 2990. The van der Waals surface area contributed by atoms with Gasteiger partial charge in [-0.05, 0) is 55.7 Å². The summed E-state index contributed by atoms with van der Waals surface area (Å²) in [5, 5.41) is 1.13. The Hall–Kier alpha value is -7.47. The molecule has 2 aliphatic carbocycles. The number of benzene rings is 5. The molecule has 0 fully saturated rings. The molecule has 58 heavy (non-hydrogen) atoms. The first kappa shape index (κ1) is 33.8. The van der Waals surface area contributed by atoms with E-state index in [-0.39, 0.29) is 6.04 Å². The molecule has 11 rings (SSSR count). The molecule has 7 heteroatoms. The van der Waals surface area contributed by atoms with Crippen LogP contribution in [0.5, 0.6) is 0 Å². The maximum absolute atomic E-state index is 5.40. The van der Waals surface area contributed by atoms with Crippen LogP contribution in [-0.2, 0) is 5.41 Å². The molecular formula is C51H37N7. The lowest BCUT2D eigenvalue weighted by molar-refractivity contribution is 0.478. The van der Waals surface area contributed by atoms with Crippen molar-refractivity contribution in [2.24, 2.45) is 0 Å². The van der Waals surface area contributed by atoms with Crippen LogP contribution in [0.3, 0.4) is 0 Å². The van der Waals surface area contributed by atoms with Crippen molar-refractivity contribution in [2.45, 2.75) is 31.7 Å². The Balaban J connectivity index is 1.20. The zero-order chi connectivity index (χ0) is 38.8. The highest BCUT2D eigenvalue weighted by Crippen LogP contribution is 2.60. The Morgan fingerprint density at radius 1 is 0.638 bits per heavy atom. The zero-order valence-electron chi connectivity index (χ0n) is 32.1. The minimum Gasteiger partial charge on any atom is -0.300 e. The Morgan fingerprint density at radius 2 is 1.26 bits per heavy atom. The minimum atomic E-state index is -0.474. The van der Waals surface area contributed by atoms with Crippen LogP contribution in [-0.4, -0.2) is 29.5 Å². The Morgan fingerprint density at radius 3 is 1.95 bits per heavy atom. The smallest absolute Gasteiger partial charge is 0.235 e. The summed E-state index contributed by atoms with van der Waals surface area (Å²) in [6, 6.07) is 50.0. The van der Waals surface area contributed by atoms with Gasteiger partial charge in [-0.15, -0.1) is 5.73 Å². The number of hydrogen-bond acceptors (Lipinski definition) is 6. The molecule has 2 unspecified atom stereocenters. The van der Waals surface area contributed by atoms with E-state index < -0.39 is 5.41 Å². The fourth-order valence-corrected chi connectivity index (χ4v) is 8.81. The summed E-state index contributed by atoms with van der Waals surface area (Å²) in [4.78, 5) is 28.9. The van der Waals surface area contributed by atoms with Crippen LogP contribution >= 0.6 is 0 Å². The standard InChI is InChI=1S/C51H37N7/c1-33-26-28-37(29-27-33)48-54-47(36-20-10-5-11-21-36)55-50(56-48)58-44-25-15-13-23-40(44)51(2)31-30-39-38-22-12-14-24-43(38)57(45(39)46(51)58)49-52-41(34-16-6-3-7-17-34)32-42(53-49)35-18-8-4-9-19-35/h3-25,28-32,46H,26H2,1-2H3. The van der Waals surface area contributed by atoms with Gasteiger partial charge in [-0.1, -0.05) is 146 Å². The van der Waals surface area contributed by atoms with Crippen LogP contribution < -0.4 is 4.90 Å². The number of para-hydroxylation sites is 2. The molecule has 0 amide bonds. The van der Waals surface area contributed by atoms with E-state index in [1.807, 2.05) is 36.4 Å². The van der Waals surface area contributed by atoms with Gasteiger partial charge in [0.1, 0.15) is 0 Å². The van der Waals surface area contributed by atoms with Gasteiger partial charge in [0.15, 0.2) is 11.6 Å². The second-order valence-electron chi connectivity index (χ2n) is 15.3. The maximum atomic E-state index is 5.40. The van der Waals surface area contributed by atoms with Crippen LogP contribution in [0.15, 0.2) is 175 Å². The van der Waals surface area contributed by atoms with Crippen LogP contribution in [0.25, 0.3) is 62.4 Å². The first-order chi connectivity index (χ1) is 28.5. The molecule has 0 radical (unpaired) electrons. The first-order valence-corrected chi connectivity index (χ1v) is 19.7. The molecule has 1 aliphatic heterocycles. The molecule has 2 atom stereocenters. The van der Waals surface area contributed by atoms with Crippen LogP contribution in [0.2, 0.25) is 0 Å². The van der Waals surface area contributed by atoms with E-state index >= 15 is 0 Å². The molecule has 7 nitrogen and oxygen atoms in total. The Kier molecular flexibility index (Phi) is 7.78. The topological polar surface area (TPSA) is 72.6 Å². The number of hydrogen-bond donors (Lipinski definition) is 0. The van der Waals surface area contributed by atoms with Gasteiger partial charge >= 0.3 is 0 Å². The highest BCUT2D eigenvalue weighted by atomic mass is 15.3. The molecule has 5 aromatic carbocycles. The number of aromatic nitrogens is 6. The third-order valence-corrected chi connectivity index (χ3v) is 11.7. The average Bonchev–Trinajstić information content (AvgIpc) is 3.76. The lowest BCUT2D eigenvalue weighted by Gasteiger charge is -2.37. The number of fused-ring (bicyclic) bond motifs is 7. The molecule has 3 aromatic heterocycles. The third-order valence-electron chi connectivity index (χ3n) is 11.7. The summed E-state index contributed by atoms with van der Waals surface area (Å²) in [6.45, 7) is 4.42.